The van der Waals surface area contributed by atoms with Gasteiger partial charge in [-0.3, -0.25) is 4.79 Å². The van der Waals surface area contributed by atoms with Gasteiger partial charge in [0.25, 0.3) is 6.47 Å². The summed E-state index contributed by atoms with van der Waals surface area (Å²) in [5.41, 5.74) is 6.85. The van der Waals surface area contributed by atoms with E-state index in [4.69, 9.17) is 4.74 Å². The summed E-state index contributed by atoms with van der Waals surface area (Å²) >= 11 is 0. The molecular weight excluding hydrogens is 260 g/mol. The van der Waals surface area contributed by atoms with Crippen molar-refractivity contribution in [1.82, 2.24) is 0 Å². The van der Waals surface area contributed by atoms with E-state index in [-0.39, 0.29) is 0 Å². The Hall–Kier alpha value is -2.09. The van der Waals surface area contributed by atoms with Gasteiger partial charge in [0.2, 0.25) is 0 Å². The van der Waals surface area contributed by atoms with Crippen LogP contribution in [0.1, 0.15) is 27.8 Å². The van der Waals surface area contributed by atoms with E-state index in [9.17, 15) is 4.79 Å². The maximum Gasteiger partial charge on any atom is 0.293 e. The Morgan fingerprint density at radius 2 is 1.48 bits per heavy atom. The monoisotopic (exact) mass is 280 g/mol. The molecule has 0 N–H and O–H groups in total. The van der Waals surface area contributed by atoms with Gasteiger partial charge in [-0.15, -0.1) is 0 Å². The van der Waals surface area contributed by atoms with Crippen molar-refractivity contribution in [1.29, 1.82) is 0 Å². The van der Waals surface area contributed by atoms with Gasteiger partial charge >= 0.3 is 0 Å². The van der Waals surface area contributed by atoms with Crippen LogP contribution in [0.15, 0.2) is 42.5 Å². The molecule has 0 unspecified atom stereocenters. The van der Waals surface area contributed by atoms with Gasteiger partial charge in [0.15, 0.2) is 0 Å². The first kappa shape index (κ1) is 13.9. The minimum Gasteiger partial charge on any atom is -0.468 e. The zero-order chi connectivity index (χ0) is 14.5. The molecule has 108 valence electrons. The van der Waals surface area contributed by atoms with Crippen molar-refractivity contribution in [3.05, 3.63) is 70.3 Å². The lowest BCUT2D eigenvalue weighted by molar-refractivity contribution is -0.128. The Morgan fingerprint density at radius 3 is 2.19 bits per heavy atom. The summed E-state index contributed by atoms with van der Waals surface area (Å²) in [6, 6.07) is 15.8. The van der Waals surface area contributed by atoms with E-state index in [1.54, 1.807) is 0 Å². The predicted molar refractivity (Wildman–Crippen MR) is 83.4 cm³/mol. The molecule has 2 aromatic rings. The molecule has 2 heteroatoms. The zero-order valence-corrected chi connectivity index (χ0v) is 12.2. The molecule has 4 aliphatic rings. The van der Waals surface area contributed by atoms with Crippen molar-refractivity contribution in [3.63, 3.8) is 0 Å². The van der Waals surface area contributed by atoms with Gasteiger partial charge in [0.05, 0.1) is 6.61 Å². The van der Waals surface area contributed by atoms with Gasteiger partial charge in [-0.25, -0.2) is 0 Å². The van der Waals surface area contributed by atoms with Crippen LogP contribution in [0.4, 0.5) is 0 Å². The van der Waals surface area contributed by atoms with Crippen molar-refractivity contribution in [3.8, 4) is 0 Å². The standard InChI is InChI=1S/C19H20O2/c20-14-21-12-11-19-13-17-6-5-15-1-3-16(4-2-15)7-9-18(19)10-8-17/h1-4,8,10,13-14H,5-7,9,11-12H2. The van der Waals surface area contributed by atoms with E-state index >= 15 is 0 Å². The second kappa shape index (κ2) is 6.57. The molecule has 0 fully saturated rings. The van der Waals surface area contributed by atoms with Crippen LogP contribution in [0.25, 0.3) is 0 Å². The predicted octanol–water partition coefficient (Wildman–Crippen LogP) is 3.29. The Kier molecular flexibility index (Phi) is 4.34. The smallest absolute Gasteiger partial charge is 0.293 e. The minimum absolute atomic E-state index is 0.466. The fraction of sp³-hybridized carbons (Fsp3) is 0.316. The lowest BCUT2D eigenvalue weighted by atomic mass is 9.92. The Balaban J connectivity index is 1.86. The number of aryl methyl sites for hydroxylation is 4. The highest BCUT2D eigenvalue weighted by Gasteiger charge is 2.08. The van der Waals surface area contributed by atoms with E-state index in [2.05, 4.69) is 42.5 Å². The first-order chi connectivity index (χ1) is 10.3. The van der Waals surface area contributed by atoms with Crippen LogP contribution in [-0.2, 0) is 41.6 Å². The highest BCUT2D eigenvalue weighted by atomic mass is 16.5. The van der Waals surface area contributed by atoms with E-state index in [1.165, 1.54) is 27.8 Å². The molecular formula is C19H20O2. The van der Waals surface area contributed by atoms with Crippen LogP contribution in [0.3, 0.4) is 0 Å². The minimum atomic E-state index is 0.466. The van der Waals surface area contributed by atoms with Crippen LogP contribution >= 0.6 is 0 Å². The van der Waals surface area contributed by atoms with Crippen molar-refractivity contribution in [2.75, 3.05) is 6.61 Å². The van der Waals surface area contributed by atoms with E-state index in [1.807, 2.05) is 0 Å². The summed E-state index contributed by atoms with van der Waals surface area (Å²) in [4.78, 5) is 10.3. The van der Waals surface area contributed by atoms with Gasteiger partial charge < -0.3 is 4.74 Å². The first-order valence-corrected chi connectivity index (χ1v) is 7.59. The number of carbonyl (C=O) groups excluding carboxylic acids is 1. The number of carbonyl (C=O) groups is 1. The molecule has 0 saturated heterocycles. The fourth-order valence-electron chi connectivity index (χ4n) is 2.97. The number of benzene rings is 2. The van der Waals surface area contributed by atoms with Crippen LogP contribution in [0.5, 0.6) is 0 Å². The summed E-state index contributed by atoms with van der Waals surface area (Å²) in [5.74, 6) is 0. The molecule has 0 spiro atoms. The van der Waals surface area contributed by atoms with E-state index in [0.29, 0.717) is 13.1 Å². The second-order valence-electron chi connectivity index (χ2n) is 5.64. The average molecular weight is 280 g/mol. The summed E-state index contributed by atoms with van der Waals surface area (Å²) < 4.78 is 4.87. The Labute approximate surface area is 125 Å². The van der Waals surface area contributed by atoms with Crippen molar-refractivity contribution >= 4 is 6.47 Å². The molecule has 6 rings (SSSR count). The number of hydrogen-bond acceptors (Lipinski definition) is 2. The first-order valence-electron chi connectivity index (χ1n) is 7.59. The molecule has 0 atom stereocenters. The van der Waals surface area contributed by atoms with Crippen molar-refractivity contribution in [2.24, 2.45) is 0 Å². The van der Waals surface area contributed by atoms with Crippen LogP contribution in [-0.4, -0.2) is 13.1 Å². The molecule has 0 amide bonds. The van der Waals surface area contributed by atoms with Crippen LogP contribution in [0.2, 0.25) is 0 Å². The maximum atomic E-state index is 10.3. The number of rotatable bonds is 4. The average Bonchev–Trinajstić information content (AvgIpc) is 2.51. The van der Waals surface area contributed by atoms with Gasteiger partial charge in [-0.1, -0.05) is 42.5 Å². The summed E-state index contributed by atoms with van der Waals surface area (Å²) in [5, 5.41) is 0. The molecule has 2 nitrogen and oxygen atoms in total. The Bertz CT molecular complexity index is 614. The quantitative estimate of drug-likeness (QED) is 0.634. The molecule has 4 aliphatic carbocycles. The summed E-state index contributed by atoms with van der Waals surface area (Å²) in [6.45, 7) is 0.997. The lowest BCUT2D eigenvalue weighted by Crippen LogP contribution is -2.05. The van der Waals surface area contributed by atoms with Gasteiger partial charge in [-0.2, -0.15) is 0 Å². The topological polar surface area (TPSA) is 26.3 Å². The third kappa shape index (κ3) is 3.52. The molecule has 21 heavy (non-hydrogen) atoms. The number of ether oxygens (including phenoxy) is 1. The largest absolute Gasteiger partial charge is 0.468 e. The van der Waals surface area contributed by atoms with Crippen molar-refractivity contribution < 1.29 is 9.53 Å². The van der Waals surface area contributed by atoms with Gasteiger partial charge in [0.1, 0.15) is 0 Å². The molecule has 0 saturated carbocycles. The molecule has 2 aromatic carbocycles. The molecule has 0 heterocycles. The van der Waals surface area contributed by atoms with Crippen LogP contribution < -0.4 is 0 Å². The highest BCUT2D eigenvalue weighted by Crippen LogP contribution is 2.19. The second-order valence-corrected chi connectivity index (χ2v) is 5.64. The van der Waals surface area contributed by atoms with E-state index in [0.717, 1.165) is 32.1 Å². The Morgan fingerprint density at radius 1 is 0.857 bits per heavy atom. The molecule has 0 aromatic heterocycles. The molecule has 0 radical (unpaired) electrons. The molecule has 4 bridgehead atoms. The van der Waals surface area contributed by atoms with Gasteiger partial charge in [0, 0.05) is 6.42 Å². The SMILES string of the molecule is O=COCCc1cc2ccc1CCc1ccc(cc1)CC2. The third-order valence-corrected chi connectivity index (χ3v) is 4.24. The fourth-order valence-corrected chi connectivity index (χ4v) is 2.97. The lowest BCUT2D eigenvalue weighted by Gasteiger charge is -2.14. The maximum absolute atomic E-state index is 10.3. The third-order valence-electron chi connectivity index (χ3n) is 4.24. The number of hydrogen-bond donors (Lipinski definition) is 0. The van der Waals surface area contributed by atoms with Crippen molar-refractivity contribution in [2.45, 2.75) is 32.1 Å². The van der Waals surface area contributed by atoms with Gasteiger partial charge in [-0.05, 0) is 53.5 Å². The zero-order valence-electron chi connectivity index (χ0n) is 12.2. The van der Waals surface area contributed by atoms with Crippen LogP contribution in [0, 0.1) is 0 Å². The highest BCUT2D eigenvalue weighted by molar-refractivity contribution is 5.38. The normalized spacial score (nSPS) is 13.5. The summed E-state index contributed by atoms with van der Waals surface area (Å²) in [6.07, 6.45) is 5.03. The molecule has 0 aliphatic heterocycles. The summed E-state index contributed by atoms with van der Waals surface area (Å²) in [7, 11) is 0. The van der Waals surface area contributed by atoms with E-state index < -0.39 is 0 Å².